The molecule has 0 radical (unpaired) electrons. The number of aromatic hydroxyl groups is 1. The van der Waals surface area contributed by atoms with Crippen LogP contribution in [0.25, 0.3) is 0 Å². The van der Waals surface area contributed by atoms with E-state index in [1.165, 1.54) is 0 Å². The lowest BCUT2D eigenvalue weighted by molar-refractivity contribution is -0.240. The van der Waals surface area contributed by atoms with Gasteiger partial charge in [0.05, 0.1) is 24.9 Å². The summed E-state index contributed by atoms with van der Waals surface area (Å²) in [6, 6.07) is 3.48. The summed E-state index contributed by atoms with van der Waals surface area (Å²) in [5.41, 5.74) is 2.04. The van der Waals surface area contributed by atoms with E-state index >= 15 is 0 Å². The molecule has 4 N–H and O–H groups in total. The van der Waals surface area contributed by atoms with E-state index in [2.05, 4.69) is 5.32 Å². The quantitative estimate of drug-likeness (QED) is 0.524. The third-order valence-electron chi connectivity index (χ3n) is 4.45. The second-order valence-corrected chi connectivity index (χ2v) is 5.58. The average Bonchev–Trinajstić information content (AvgIpc) is 3.15. The lowest BCUT2D eigenvalue weighted by Crippen LogP contribution is -2.57. The van der Waals surface area contributed by atoms with Crippen molar-refractivity contribution in [3.05, 3.63) is 23.3 Å². The largest absolute Gasteiger partial charge is 0.508 e. The van der Waals surface area contributed by atoms with Gasteiger partial charge in [-0.3, -0.25) is 0 Å². The Morgan fingerprint density at radius 1 is 1.53 bits per heavy atom. The third kappa shape index (κ3) is 1.34. The first-order valence-corrected chi connectivity index (χ1v) is 6.46. The van der Waals surface area contributed by atoms with E-state index in [1.54, 1.807) is 17.2 Å². The summed E-state index contributed by atoms with van der Waals surface area (Å²) in [7, 11) is 0. The molecule has 1 aromatic rings. The van der Waals surface area contributed by atoms with E-state index in [9.17, 15) is 15.3 Å². The van der Waals surface area contributed by atoms with Crippen LogP contribution in [0.1, 0.15) is 24.0 Å². The predicted octanol–water partition coefficient (Wildman–Crippen LogP) is -0.218. The fraction of sp³-hybridized carbons (Fsp3) is 0.538. The number of phenolic OH excluding ortho intramolecular Hbond substituents is 1. The molecular formula is C13H16N2O4. The van der Waals surface area contributed by atoms with Crippen LogP contribution in [0.2, 0.25) is 0 Å². The molecule has 3 aliphatic rings. The maximum absolute atomic E-state index is 10.7. The van der Waals surface area contributed by atoms with Crippen molar-refractivity contribution >= 4 is 5.69 Å². The summed E-state index contributed by atoms with van der Waals surface area (Å²) in [5, 5.41) is 34.9. The Hall–Kier alpha value is -1.34. The van der Waals surface area contributed by atoms with Crippen molar-refractivity contribution in [2.45, 2.75) is 37.3 Å². The fourth-order valence-electron chi connectivity index (χ4n) is 3.31. The minimum Gasteiger partial charge on any atom is -0.508 e. The normalized spacial score (nSPS) is 38.7. The van der Waals surface area contributed by atoms with Gasteiger partial charge in [0.15, 0.2) is 0 Å². The molecule has 0 aliphatic carbocycles. The molecular weight excluding hydrogens is 248 g/mol. The number of rotatable bonds is 1. The molecule has 6 nitrogen and oxygen atoms in total. The molecule has 4 unspecified atom stereocenters. The molecule has 2 bridgehead atoms. The van der Waals surface area contributed by atoms with Gasteiger partial charge in [0, 0.05) is 17.5 Å². The number of fused-ring (bicyclic) bond motifs is 6. The van der Waals surface area contributed by atoms with Crippen molar-refractivity contribution in [1.29, 1.82) is 0 Å². The number of aliphatic hydroxyl groups is 2. The van der Waals surface area contributed by atoms with Crippen LogP contribution in [0.4, 0.5) is 5.69 Å². The number of hydrogen-bond acceptors (Lipinski definition) is 6. The summed E-state index contributed by atoms with van der Waals surface area (Å²) < 4.78 is 0. The molecule has 2 fully saturated rings. The van der Waals surface area contributed by atoms with Crippen LogP contribution in [0.15, 0.2) is 12.1 Å². The zero-order valence-electron chi connectivity index (χ0n) is 10.5. The number of nitrogens with one attached hydrogen (secondary N) is 1. The zero-order chi connectivity index (χ0) is 13.4. The minimum absolute atomic E-state index is 0.0798. The van der Waals surface area contributed by atoms with Crippen LogP contribution in [-0.4, -0.2) is 39.7 Å². The first-order valence-electron chi connectivity index (χ1n) is 6.46. The average molecular weight is 264 g/mol. The number of aliphatic hydroxyl groups excluding tert-OH is 1. The molecule has 2 saturated heterocycles. The van der Waals surface area contributed by atoms with E-state index in [0.29, 0.717) is 17.7 Å². The van der Waals surface area contributed by atoms with Gasteiger partial charge >= 0.3 is 0 Å². The second-order valence-electron chi connectivity index (χ2n) is 5.58. The maximum Gasteiger partial charge on any atom is 0.215 e. The first kappa shape index (κ1) is 11.5. The summed E-state index contributed by atoms with van der Waals surface area (Å²) in [5.74, 6) is -1.55. The summed E-state index contributed by atoms with van der Waals surface area (Å²) >= 11 is 0. The monoisotopic (exact) mass is 264 g/mol. The lowest BCUT2D eigenvalue weighted by atomic mass is 9.83. The van der Waals surface area contributed by atoms with Crippen LogP contribution in [0.5, 0.6) is 5.75 Å². The van der Waals surface area contributed by atoms with Crippen LogP contribution >= 0.6 is 0 Å². The van der Waals surface area contributed by atoms with Gasteiger partial charge in [0.25, 0.3) is 0 Å². The van der Waals surface area contributed by atoms with Crippen LogP contribution in [0, 0.1) is 0 Å². The Kier molecular flexibility index (Phi) is 2.06. The molecule has 6 heteroatoms. The van der Waals surface area contributed by atoms with Gasteiger partial charge in [-0.15, -0.1) is 0 Å². The van der Waals surface area contributed by atoms with Crippen molar-refractivity contribution in [2.24, 2.45) is 0 Å². The lowest BCUT2D eigenvalue weighted by Gasteiger charge is -2.47. The number of benzene rings is 1. The molecule has 0 spiro atoms. The van der Waals surface area contributed by atoms with Gasteiger partial charge in [-0.25, -0.2) is 9.90 Å². The van der Waals surface area contributed by atoms with E-state index in [1.807, 2.05) is 6.92 Å². The highest BCUT2D eigenvalue weighted by Crippen LogP contribution is 2.52. The Morgan fingerprint density at radius 2 is 2.32 bits per heavy atom. The van der Waals surface area contributed by atoms with Crippen molar-refractivity contribution in [3.8, 4) is 5.75 Å². The number of nitrogens with zero attached hydrogens (tertiary/aromatic N) is 1. The summed E-state index contributed by atoms with van der Waals surface area (Å²) in [6.45, 7) is 2.33. The van der Waals surface area contributed by atoms with Gasteiger partial charge in [-0.05, 0) is 17.7 Å². The molecule has 102 valence electrons. The SMILES string of the molecule is CC1c2c(O)cc(CO)cc2N2CC3NC3C1(O)O2. The third-order valence-corrected chi connectivity index (χ3v) is 4.45. The summed E-state index contributed by atoms with van der Waals surface area (Å²) in [6.07, 6.45) is 0. The number of anilines is 1. The topological polar surface area (TPSA) is 95.1 Å². The van der Waals surface area contributed by atoms with Crippen molar-refractivity contribution < 1.29 is 20.2 Å². The van der Waals surface area contributed by atoms with Gasteiger partial charge in [-0.1, -0.05) is 6.92 Å². The minimum atomic E-state index is -1.31. The molecule has 0 saturated carbocycles. The highest BCUT2D eigenvalue weighted by molar-refractivity contribution is 5.64. The second kappa shape index (κ2) is 3.40. The standard InChI is InChI=1S/C13H16N2O4/c1-6-11-9(2-7(5-16)3-10(11)17)15-4-8-12(14-8)13(6,18)19-15/h2-3,6,8,12,14,16-18H,4-5H2,1H3. The molecule has 0 aromatic heterocycles. The Balaban J connectivity index is 1.91. The molecule has 3 heterocycles. The highest BCUT2D eigenvalue weighted by Gasteiger charge is 2.64. The van der Waals surface area contributed by atoms with Gasteiger partial charge < -0.3 is 20.6 Å². The van der Waals surface area contributed by atoms with Gasteiger partial charge in [-0.2, -0.15) is 0 Å². The molecule has 4 atom stereocenters. The van der Waals surface area contributed by atoms with Gasteiger partial charge in [0.1, 0.15) is 5.75 Å². The van der Waals surface area contributed by atoms with Gasteiger partial charge in [0.2, 0.25) is 5.79 Å². The molecule has 1 aromatic carbocycles. The maximum atomic E-state index is 10.7. The van der Waals surface area contributed by atoms with E-state index in [-0.39, 0.29) is 30.4 Å². The predicted molar refractivity (Wildman–Crippen MR) is 66.5 cm³/mol. The van der Waals surface area contributed by atoms with E-state index < -0.39 is 5.79 Å². The van der Waals surface area contributed by atoms with E-state index in [4.69, 9.17) is 4.84 Å². The zero-order valence-corrected chi connectivity index (χ0v) is 10.5. The molecule has 0 amide bonds. The number of hydroxylamine groups is 1. The molecule has 3 aliphatic heterocycles. The van der Waals surface area contributed by atoms with Crippen LogP contribution in [0.3, 0.4) is 0 Å². The number of hydrogen-bond donors (Lipinski definition) is 4. The van der Waals surface area contributed by atoms with Crippen molar-refractivity contribution in [3.63, 3.8) is 0 Å². The Bertz CT molecular complexity index is 564. The first-order chi connectivity index (χ1) is 9.04. The Labute approximate surface area is 110 Å². The van der Waals surface area contributed by atoms with Crippen molar-refractivity contribution in [2.75, 3.05) is 11.6 Å². The Morgan fingerprint density at radius 3 is 3.05 bits per heavy atom. The molecule has 19 heavy (non-hydrogen) atoms. The smallest absolute Gasteiger partial charge is 0.215 e. The fourth-order valence-corrected chi connectivity index (χ4v) is 3.31. The molecule has 4 rings (SSSR count). The van der Waals surface area contributed by atoms with Crippen LogP contribution in [-0.2, 0) is 11.4 Å². The van der Waals surface area contributed by atoms with Crippen LogP contribution < -0.4 is 10.4 Å². The van der Waals surface area contributed by atoms with E-state index in [0.717, 1.165) is 5.69 Å². The number of phenols is 1. The highest BCUT2D eigenvalue weighted by atomic mass is 16.8. The van der Waals surface area contributed by atoms with Crippen molar-refractivity contribution in [1.82, 2.24) is 5.32 Å². The summed E-state index contributed by atoms with van der Waals surface area (Å²) in [4.78, 5) is 5.69.